The molecule has 2 aromatic rings. The SMILES string of the molecule is CC[C@H](O)c1ccccc1OCc1noc(C(C)C)n1. The zero-order valence-electron chi connectivity index (χ0n) is 12.0. The molecule has 108 valence electrons. The average Bonchev–Trinajstić information content (AvgIpc) is 2.93. The lowest BCUT2D eigenvalue weighted by atomic mass is 10.1. The Balaban J connectivity index is 2.06. The molecule has 1 aromatic carbocycles. The number of aliphatic hydroxyl groups excluding tert-OH is 1. The van der Waals surface area contributed by atoms with E-state index in [1.165, 1.54) is 0 Å². The van der Waals surface area contributed by atoms with E-state index in [0.717, 1.165) is 5.56 Å². The van der Waals surface area contributed by atoms with Gasteiger partial charge >= 0.3 is 0 Å². The van der Waals surface area contributed by atoms with Crippen LogP contribution in [0.25, 0.3) is 0 Å². The van der Waals surface area contributed by atoms with Crippen molar-refractivity contribution in [1.29, 1.82) is 0 Å². The standard InChI is InChI=1S/C15H20N2O3/c1-4-12(18)11-7-5-6-8-13(11)19-9-14-16-15(10(2)3)20-17-14/h5-8,10,12,18H,4,9H2,1-3H3/t12-/m0/s1. The molecule has 20 heavy (non-hydrogen) atoms. The van der Waals surface area contributed by atoms with Gasteiger partial charge in [-0.05, 0) is 12.5 Å². The predicted molar refractivity (Wildman–Crippen MR) is 74.4 cm³/mol. The summed E-state index contributed by atoms with van der Waals surface area (Å²) in [5, 5.41) is 13.8. The lowest BCUT2D eigenvalue weighted by molar-refractivity contribution is 0.165. The number of para-hydroxylation sites is 1. The summed E-state index contributed by atoms with van der Waals surface area (Å²) >= 11 is 0. The summed E-state index contributed by atoms with van der Waals surface area (Å²) in [6.07, 6.45) is 0.114. The van der Waals surface area contributed by atoms with E-state index in [0.29, 0.717) is 23.9 Å². The van der Waals surface area contributed by atoms with Gasteiger partial charge in [-0.25, -0.2) is 0 Å². The fraction of sp³-hybridized carbons (Fsp3) is 0.467. The molecular weight excluding hydrogens is 256 g/mol. The first-order valence-corrected chi connectivity index (χ1v) is 6.84. The van der Waals surface area contributed by atoms with Crippen LogP contribution in [-0.4, -0.2) is 15.2 Å². The molecule has 0 aliphatic heterocycles. The Kier molecular flexibility index (Phi) is 4.74. The molecule has 0 bridgehead atoms. The molecule has 1 atom stereocenters. The Morgan fingerprint density at radius 1 is 1.30 bits per heavy atom. The van der Waals surface area contributed by atoms with Gasteiger partial charge in [-0.15, -0.1) is 0 Å². The molecular formula is C15H20N2O3. The number of hydrogen-bond donors (Lipinski definition) is 1. The lowest BCUT2D eigenvalue weighted by Crippen LogP contribution is -2.03. The summed E-state index contributed by atoms with van der Waals surface area (Å²) in [5.41, 5.74) is 0.780. The van der Waals surface area contributed by atoms with Gasteiger partial charge in [0.05, 0.1) is 6.10 Å². The molecule has 0 radical (unpaired) electrons. The Hall–Kier alpha value is -1.88. The van der Waals surface area contributed by atoms with E-state index in [4.69, 9.17) is 9.26 Å². The third-order valence-corrected chi connectivity index (χ3v) is 3.00. The van der Waals surface area contributed by atoms with Crippen LogP contribution in [-0.2, 0) is 6.61 Å². The van der Waals surface area contributed by atoms with Crippen molar-refractivity contribution in [2.45, 2.75) is 45.8 Å². The highest BCUT2D eigenvalue weighted by molar-refractivity contribution is 5.35. The Morgan fingerprint density at radius 3 is 2.70 bits per heavy atom. The molecule has 1 heterocycles. The minimum Gasteiger partial charge on any atom is -0.485 e. The van der Waals surface area contributed by atoms with Crippen LogP contribution < -0.4 is 4.74 Å². The van der Waals surface area contributed by atoms with Crippen LogP contribution in [0.5, 0.6) is 5.75 Å². The van der Waals surface area contributed by atoms with Gasteiger partial charge < -0.3 is 14.4 Å². The van der Waals surface area contributed by atoms with Gasteiger partial charge in [0.25, 0.3) is 0 Å². The average molecular weight is 276 g/mol. The zero-order valence-corrected chi connectivity index (χ0v) is 12.0. The Bertz CT molecular complexity index is 552. The van der Waals surface area contributed by atoms with Gasteiger partial charge in [-0.1, -0.05) is 44.1 Å². The number of hydrogen-bond acceptors (Lipinski definition) is 5. The van der Waals surface area contributed by atoms with Crippen molar-refractivity contribution in [2.24, 2.45) is 0 Å². The maximum Gasteiger partial charge on any atom is 0.229 e. The summed E-state index contributed by atoms with van der Waals surface area (Å²) in [6.45, 7) is 6.13. The van der Waals surface area contributed by atoms with Crippen molar-refractivity contribution >= 4 is 0 Å². The zero-order chi connectivity index (χ0) is 14.5. The quantitative estimate of drug-likeness (QED) is 0.877. The first-order valence-electron chi connectivity index (χ1n) is 6.84. The van der Waals surface area contributed by atoms with Gasteiger partial charge in [0, 0.05) is 11.5 Å². The van der Waals surface area contributed by atoms with Crippen LogP contribution in [0.4, 0.5) is 0 Å². The summed E-state index contributed by atoms with van der Waals surface area (Å²) in [4.78, 5) is 4.25. The van der Waals surface area contributed by atoms with Gasteiger partial charge in [0.1, 0.15) is 5.75 Å². The van der Waals surface area contributed by atoms with Gasteiger partial charge in [0.2, 0.25) is 11.7 Å². The molecule has 0 unspecified atom stereocenters. The molecule has 0 aliphatic rings. The molecule has 5 heteroatoms. The summed E-state index contributed by atoms with van der Waals surface area (Å²) in [7, 11) is 0. The molecule has 5 nitrogen and oxygen atoms in total. The number of ether oxygens (including phenoxy) is 1. The first-order chi connectivity index (χ1) is 9.61. The lowest BCUT2D eigenvalue weighted by Gasteiger charge is -2.13. The van der Waals surface area contributed by atoms with Crippen molar-refractivity contribution in [2.75, 3.05) is 0 Å². The molecule has 0 saturated carbocycles. The van der Waals surface area contributed by atoms with Crippen LogP contribution >= 0.6 is 0 Å². The molecule has 0 spiro atoms. The smallest absolute Gasteiger partial charge is 0.229 e. The molecule has 1 N–H and O–H groups in total. The van der Waals surface area contributed by atoms with Crippen molar-refractivity contribution in [3.63, 3.8) is 0 Å². The number of rotatable bonds is 6. The van der Waals surface area contributed by atoms with Gasteiger partial charge in [-0.3, -0.25) is 0 Å². The van der Waals surface area contributed by atoms with E-state index in [9.17, 15) is 5.11 Å². The third kappa shape index (κ3) is 3.36. The largest absolute Gasteiger partial charge is 0.485 e. The summed E-state index contributed by atoms with van der Waals surface area (Å²) in [5.74, 6) is 1.96. The van der Waals surface area contributed by atoms with E-state index < -0.39 is 6.10 Å². The van der Waals surface area contributed by atoms with Crippen molar-refractivity contribution < 1.29 is 14.4 Å². The first kappa shape index (κ1) is 14.5. The molecule has 0 saturated heterocycles. The van der Waals surface area contributed by atoms with Crippen LogP contribution in [0.15, 0.2) is 28.8 Å². The highest BCUT2D eigenvalue weighted by Crippen LogP contribution is 2.27. The molecule has 2 rings (SSSR count). The Labute approximate surface area is 118 Å². The third-order valence-electron chi connectivity index (χ3n) is 3.00. The topological polar surface area (TPSA) is 68.4 Å². The number of aliphatic hydroxyl groups is 1. The number of nitrogens with zero attached hydrogens (tertiary/aromatic N) is 2. The van der Waals surface area contributed by atoms with E-state index in [-0.39, 0.29) is 12.5 Å². The molecule has 1 aromatic heterocycles. The van der Waals surface area contributed by atoms with E-state index >= 15 is 0 Å². The van der Waals surface area contributed by atoms with Crippen molar-refractivity contribution in [1.82, 2.24) is 10.1 Å². The highest BCUT2D eigenvalue weighted by atomic mass is 16.5. The number of aromatic nitrogens is 2. The molecule has 0 fully saturated rings. The predicted octanol–water partition coefficient (Wildman–Crippen LogP) is 3.22. The van der Waals surface area contributed by atoms with Crippen LogP contribution in [0, 0.1) is 0 Å². The normalized spacial score (nSPS) is 12.7. The second-order valence-corrected chi connectivity index (χ2v) is 4.95. The summed E-state index contributed by atoms with van der Waals surface area (Å²) in [6, 6.07) is 7.44. The fourth-order valence-corrected chi connectivity index (χ4v) is 1.81. The minimum absolute atomic E-state index is 0.199. The second kappa shape index (κ2) is 6.52. The van der Waals surface area contributed by atoms with Crippen LogP contribution in [0.3, 0.4) is 0 Å². The summed E-state index contributed by atoms with van der Waals surface area (Å²) < 4.78 is 10.8. The van der Waals surface area contributed by atoms with Gasteiger partial charge in [0.15, 0.2) is 6.61 Å². The Morgan fingerprint density at radius 2 is 2.05 bits per heavy atom. The van der Waals surface area contributed by atoms with Crippen molar-refractivity contribution in [3.8, 4) is 5.75 Å². The highest BCUT2D eigenvalue weighted by Gasteiger charge is 2.13. The maximum absolute atomic E-state index is 9.95. The minimum atomic E-state index is -0.525. The van der Waals surface area contributed by atoms with Crippen LogP contribution in [0.1, 0.15) is 56.5 Å². The van der Waals surface area contributed by atoms with Crippen LogP contribution in [0.2, 0.25) is 0 Å². The monoisotopic (exact) mass is 276 g/mol. The van der Waals surface area contributed by atoms with Gasteiger partial charge in [-0.2, -0.15) is 4.98 Å². The number of benzene rings is 1. The molecule has 0 aliphatic carbocycles. The van der Waals surface area contributed by atoms with Crippen molar-refractivity contribution in [3.05, 3.63) is 41.5 Å². The second-order valence-electron chi connectivity index (χ2n) is 4.95. The maximum atomic E-state index is 9.95. The van der Waals surface area contributed by atoms with E-state index in [1.54, 1.807) is 0 Å². The van der Waals surface area contributed by atoms with E-state index in [1.807, 2.05) is 45.0 Å². The fourth-order valence-electron chi connectivity index (χ4n) is 1.81. The molecule has 0 amide bonds. The van der Waals surface area contributed by atoms with E-state index in [2.05, 4.69) is 10.1 Å².